The van der Waals surface area contributed by atoms with E-state index in [1.165, 1.54) is 0 Å². The first kappa shape index (κ1) is 13.9. The summed E-state index contributed by atoms with van der Waals surface area (Å²) in [4.78, 5) is 2.28. The Morgan fingerprint density at radius 3 is 2.69 bits per heavy atom. The fourth-order valence-corrected chi connectivity index (χ4v) is 3.83. The molecule has 0 radical (unpaired) electrons. The Morgan fingerprint density at radius 1 is 1.50 bits per heavy atom. The summed E-state index contributed by atoms with van der Waals surface area (Å²) >= 11 is 0. The van der Waals surface area contributed by atoms with E-state index in [9.17, 15) is 8.42 Å². The van der Waals surface area contributed by atoms with Crippen LogP contribution >= 0.6 is 0 Å². The average Bonchev–Trinajstić information content (AvgIpc) is 2.21. The number of nitrogens with zero attached hydrogens (tertiary/aromatic N) is 1. The number of rotatable bonds is 5. The van der Waals surface area contributed by atoms with Crippen LogP contribution in [0.25, 0.3) is 0 Å². The molecule has 0 spiro atoms. The van der Waals surface area contributed by atoms with Gasteiger partial charge in [-0.2, -0.15) is 0 Å². The molecule has 2 atom stereocenters. The van der Waals surface area contributed by atoms with Gasteiger partial charge in [0, 0.05) is 12.6 Å². The molecule has 0 aliphatic carbocycles. The van der Waals surface area contributed by atoms with Crippen LogP contribution in [0.15, 0.2) is 0 Å². The third-order valence-electron chi connectivity index (χ3n) is 3.54. The molecule has 2 unspecified atom stereocenters. The van der Waals surface area contributed by atoms with Crippen LogP contribution in [-0.2, 0) is 9.84 Å². The lowest BCUT2D eigenvalue weighted by Crippen LogP contribution is -2.47. The van der Waals surface area contributed by atoms with Crippen LogP contribution < -0.4 is 5.73 Å². The molecule has 1 aliphatic rings. The third kappa shape index (κ3) is 4.03. The summed E-state index contributed by atoms with van der Waals surface area (Å²) in [6, 6.07) is 0.161. The van der Waals surface area contributed by atoms with Crippen LogP contribution in [0.5, 0.6) is 0 Å². The quantitative estimate of drug-likeness (QED) is 0.768. The van der Waals surface area contributed by atoms with Crippen molar-refractivity contribution in [3.63, 3.8) is 0 Å². The number of hydrogen-bond acceptors (Lipinski definition) is 4. The Labute approximate surface area is 99.1 Å². The maximum absolute atomic E-state index is 11.4. The lowest BCUT2D eigenvalue weighted by atomic mass is 10.0. The zero-order chi connectivity index (χ0) is 12.2. The summed E-state index contributed by atoms with van der Waals surface area (Å²) < 4.78 is 22.8. The Hall–Kier alpha value is -0.130. The number of hydrogen-bond donors (Lipinski definition) is 1. The molecule has 1 aliphatic heterocycles. The highest BCUT2D eigenvalue weighted by molar-refractivity contribution is 7.91. The van der Waals surface area contributed by atoms with Gasteiger partial charge in [-0.05, 0) is 32.4 Å². The Kier molecular flexibility index (Phi) is 5.21. The van der Waals surface area contributed by atoms with Gasteiger partial charge in [-0.15, -0.1) is 0 Å². The van der Waals surface area contributed by atoms with Crippen LogP contribution in [0.3, 0.4) is 0 Å². The van der Waals surface area contributed by atoms with E-state index in [1.54, 1.807) is 0 Å². The highest BCUT2D eigenvalue weighted by atomic mass is 32.2. The van der Waals surface area contributed by atoms with Crippen LogP contribution in [-0.4, -0.2) is 50.5 Å². The van der Waals surface area contributed by atoms with Crippen LogP contribution in [0.2, 0.25) is 0 Å². The maximum Gasteiger partial charge on any atom is 0.153 e. The second-order valence-electron chi connectivity index (χ2n) is 4.80. The van der Waals surface area contributed by atoms with E-state index in [-0.39, 0.29) is 6.04 Å². The van der Waals surface area contributed by atoms with Crippen molar-refractivity contribution in [2.24, 2.45) is 11.7 Å². The molecule has 1 heterocycles. The van der Waals surface area contributed by atoms with Gasteiger partial charge >= 0.3 is 0 Å². The van der Waals surface area contributed by atoms with Gasteiger partial charge in [0.15, 0.2) is 9.84 Å². The molecular weight excluding hydrogens is 224 g/mol. The van der Waals surface area contributed by atoms with Gasteiger partial charge in [0.25, 0.3) is 0 Å². The van der Waals surface area contributed by atoms with E-state index in [4.69, 9.17) is 5.73 Å². The fraction of sp³-hybridized carbons (Fsp3) is 1.00. The Balaban J connectivity index is 2.39. The molecule has 0 aromatic heterocycles. The summed E-state index contributed by atoms with van der Waals surface area (Å²) in [5.41, 5.74) is 5.66. The van der Waals surface area contributed by atoms with E-state index in [0.29, 0.717) is 24.0 Å². The van der Waals surface area contributed by atoms with Crippen molar-refractivity contribution >= 4 is 9.84 Å². The summed E-state index contributed by atoms with van der Waals surface area (Å²) in [6.07, 6.45) is 2.19. The second kappa shape index (κ2) is 5.98. The smallest absolute Gasteiger partial charge is 0.153 e. The van der Waals surface area contributed by atoms with Crippen molar-refractivity contribution in [2.75, 3.05) is 31.1 Å². The highest BCUT2D eigenvalue weighted by Crippen LogP contribution is 2.14. The summed E-state index contributed by atoms with van der Waals surface area (Å²) in [7, 11) is -2.78. The van der Waals surface area contributed by atoms with Gasteiger partial charge in [0.05, 0.1) is 11.5 Å². The third-order valence-corrected chi connectivity index (χ3v) is 5.34. The topological polar surface area (TPSA) is 63.4 Å². The van der Waals surface area contributed by atoms with E-state index in [2.05, 4.69) is 11.8 Å². The van der Waals surface area contributed by atoms with E-state index < -0.39 is 9.84 Å². The molecule has 0 aromatic carbocycles. The molecule has 5 heteroatoms. The molecule has 1 fully saturated rings. The minimum Gasteiger partial charge on any atom is -0.330 e. The molecule has 96 valence electrons. The average molecular weight is 248 g/mol. The normalized spacial score (nSPS) is 27.8. The maximum atomic E-state index is 11.4. The van der Waals surface area contributed by atoms with E-state index in [1.807, 2.05) is 6.92 Å². The molecule has 16 heavy (non-hydrogen) atoms. The van der Waals surface area contributed by atoms with Crippen molar-refractivity contribution in [1.29, 1.82) is 0 Å². The summed E-state index contributed by atoms with van der Waals surface area (Å²) in [5, 5.41) is 0. The summed E-state index contributed by atoms with van der Waals surface area (Å²) in [5.74, 6) is 1.20. The van der Waals surface area contributed by atoms with Crippen molar-refractivity contribution in [1.82, 2.24) is 4.90 Å². The van der Waals surface area contributed by atoms with E-state index >= 15 is 0 Å². The molecular formula is C11H24N2O2S. The first-order chi connectivity index (χ1) is 7.48. The lowest BCUT2D eigenvalue weighted by molar-refractivity contribution is 0.209. The largest absolute Gasteiger partial charge is 0.330 e. The molecule has 1 rings (SSSR count). The first-order valence-corrected chi connectivity index (χ1v) is 7.95. The van der Waals surface area contributed by atoms with Crippen molar-refractivity contribution < 1.29 is 8.42 Å². The molecule has 0 bridgehead atoms. The molecule has 0 amide bonds. The van der Waals surface area contributed by atoms with Gasteiger partial charge in [-0.25, -0.2) is 8.42 Å². The van der Waals surface area contributed by atoms with Crippen molar-refractivity contribution in [3.05, 3.63) is 0 Å². The standard InChI is InChI=1S/C11H24N2O2S/c1-3-11(8-12)4-5-13-6-7-16(14,15)9-10(13)2/h10-11H,3-9,12H2,1-2H3. The van der Waals surface area contributed by atoms with Crippen molar-refractivity contribution in [3.8, 4) is 0 Å². The molecule has 4 nitrogen and oxygen atoms in total. The molecule has 1 saturated heterocycles. The van der Waals surface area contributed by atoms with Gasteiger partial charge in [0.2, 0.25) is 0 Å². The summed E-state index contributed by atoms with van der Waals surface area (Å²) in [6.45, 7) is 6.55. The predicted octanol–water partition coefficient (Wildman–Crippen LogP) is 0.480. The monoisotopic (exact) mass is 248 g/mol. The minimum absolute atomic E-state index is 0.161. The van der Waals surface area contributed by atoms with Gasteiger partial charge in [-0.3, -0.25) is 4.90 Å². The van der Waals surface area contributed by atoms with E-state index in [0.717, 1.165) is 25.9 Å². The molecule has 0 aromatic rings. The predicted molar refractivity (Wildman–Crippen MR) is 67.1 cm³/mol. The molecule has 2 N–H and O–H groups in total. The lowest BCUT2D eigenvalue weighted by Gasteiger charge is -2.33. The minimum atomic E-state index is -2.78. The number of sulfone groups is 1. The van der Waals surface area contributed by atoms with Gasteiger partial charge in [0.1, 0.15) is 0 Å². The zero-order valence-electron chi connectivity index (χ0n) is 10.4. The van der Waals surface area contributed by atoms with Gasteiger partial charge < -0.3 is 5.73 Å². The highest BCUT2D eigenvalue weighted by Gasteiger charge is 2.27. The van der Waals surface area contributed by atoms with Crippen LogP contribution in [0.1, 0.15) is 26.7 Å². The fourth-order valence-electron chi connectivity index (χ4n) is 2.20. The Bertz CT molecular complexity index is 299. The Morgan fingerprint density at radius 2 is 2.19 bits per heavy atom. The van der Waals surface area contributed by atoms with Crippen LogP contribution in [0.4, 0.5) is 0 Å². The van der Waals surface area contributed by atoms with Crippen LogP contribution in [0, 0.1) is 5.92 Å². The van der Waals surface area contributed by atoms with Crippen molar-refractivity contribution in [2.45, 2.75) is 32.7 Å². The second-order valence-corrected chi connectivity index (χ2v) is 7.03. The SMILES string of the molecule is CCC(CN)CCN1CCS(=O)(=O)CC1C. The number of nitrogens with two attached hydrogens (primary N) is 1. The van der Waals surface area contributed by atoms with Gasteiger partial charge in [-0.1, -0.05) is 13.3 Å². The molecule has 0 saturated carbocycles. The first-order valence-electron chi connectivity index (χ1n) is 6.13. The zero-order valence-corrected chi connectivity index (χ0v) is 11.2.